The number of carboxylic acid groups (broad SMARTS) is 1. The van der Waals surface area contributed by atoms with Gasteiger partial charge >= 0.3 is 11.9 Å². The SMILES string of the molecule is O=C(CF)Oc1ccccc1C(=O)O. The van der Waals surface area contributed by atoms with Crippen LogP contribution in [0.5, 0.6) is 5.75 Å². The lowest BCUT2D eigenvalue weighted by atomic mass is 10.2. The summed E-state index contributed by atoms with van der Waals surface area (Å²) in [5.41, 5.74) is -0.172. The minimum Gasteiger partial charge on any atom is -0.478 e. The number of ether oxygens (including phenoxy) is 1. The van der Waals surface area contributed by atoms with Crippen LogP contribution in [-0.4, -0.2) is 23.7 Å². The molecule has 0 aromatic heterocycles. The number of carboxylic acids is 1. The highest BCUT2D eigenvalue weighted by Gasteiger charge is 2.12. The minimum absolute atomic E-state index is 0.150. The van der Waals surface area contributed by atoms with Crippen molar-refractivity contribution >= 4 is 11.9 Å². The number of esters is 1. The van der Waals surface area contributed by atoms with Crippen LogP contribution in [0.1, 0.15) is 10.4 Å². The van der Waals surface area contributed by atoms with E-state index in [0.29, 0.717) is 0 Å². The van der Waals surface area contributed by atoms with Crippen LogP contribution in [0.3, 0.4) is 0 Å². The summed E-state index contributed by atoms with van der Waals surface area (Å²) in [5, 5.41) is 8.67. The molecule has 14 heavy (non-hydrogen) atoms. The second-order valence-electron chi connectivity index (χ2n) is 2.41. The maximum Gasteiger partial charge on any atom is 0.342 e. The van der Waals surface area contributed by atoms with Crippen molar-refractivity contribution in [2.75, 3.05) is 6.67 Å². The Morgan fingerprint density at radius 3 is 2.57 bits per heavy atom. The summed E-state index contributed by atoms with van der Waals surface area (Å²) in [7, 11) is 0. The van der Waals surface area contributed by atoms with E-state index >= 15 is 0 Å². The molecule has 0 fully saturated rings. The topological polar surface area (TPSA) is 63.6 Å². The van der Waals surface area contributed by atoms with Crippen molar-refractivity contribution in [1.29, 1.82) is 0 Å². The van der Waals surface area contributed by atoms with E-state index in [9.17, 15) is 14.0 Å². The van der Waals surface area contributed by atoms with Crippen molar-refractivity contribution in [3.63, 3.8) is 0 Å². The number of carbonyl (C=O) groups excluding carboxylic acids is 1. The molecule has 74 valence electrons. The van der Waals surface area contributed by atoms with Crippen LogP contribution < -0.4 is 4.74 Å². The molecule has 0 amide bonds. The lowest BCUT2D eigenvalue weighted by molar-refractivity contribution is -0.135. The number of halogens is 1. The lowest BCUT2D eigenvalue weighted by Crippen LogP contribution is -2.12. The number of benzene rings is 1. The maximum atomic E-state index is 11.8. The van der Waals surface area contributed by atoms with Gasteiger partial charge in [0.25, 0.3) is 0 Å². The van der Waals surface area contributed by atoms with Crippen LogP contribution in [0, 0.1) is 0 Å². The monoisotopic (exact) mass is 198 g/mol. The molecule has 1 aromatic rings. The Labute approximate surface area is 78.9 Å². The Hall–Kier alpha value is -1.91. The molecule has 5 heteroatoms. The summed E-state index contributed by atoms with van der Waals surface area (Å²) < 4.78 is 16.2. The highest BCUT2D eigenvalue weighted by Crippen LogP contribution is 2.17. The number of rotatable bonds is 3. The largest absolute Gasteiger partial charge is 0.478 e. The predicted octanol–water partition coefficient (Wildman–Crippen LogP) is 1.26. The fourth-order valence-corrected chi connectivity index (χ4v) is 0.882. The molecule has 1 rings (SSSR count). The molecular weight excluding hydrogens is 191 g/mol. The molecule has 0 bridgehead atoms. The smallest absolute Gasteiger partial charge is 0.342 e. The third kappa shape index (κ3) is 2.29. The number of para-hydroxylation sites is 1. The number of hydrogen-bond donors (Lipinski definition) is 1. The van der Waals surface area contributed by atoms with Crippen molar-refractivity contribution < 1.29 is 23.8 Å². The molecule has 1 aromatic carbocycles. The number of carbonyl (C=O) groups is 2. The molecule has 0 aliphatic carbocycles. The first-order chi connectivity index (χ1) is 6.65. The standard InChI is InChI=1S/C9H7FO4/c10-5-8(11)14-7-4-2-1-3-6(7)9(12)13/h1-4H,5H2,(H,12,13). The normalized spacial score (nSPS) is 9.50. The first-order valence-corrected chi connectivity index (χ1v) is 3.74. The molecule has 0 unspecified atom stereocenters. The molecule has 0 saturated heterocycles. The van der Waals surface area contributed by atoms with Gasteiger partial charge in [0.05, 0.1) is 0 Å². The Balaban J connectivity index is 2.95. The van der Waals surface area contributed by atoms with Gasteiger partial charge in [-0.3, -0.25) is 0 Å². The van der Waals surface area contributed by atoms with Crippen LogP contribution in [-0.2, 0) is 4.79 Å². The van der Waals surface area contributed by atoms with Crippen molar-refractivity contribution in [1.82, 2.24) is 0 Å². The van der Waals surface area contributed by atoms with E-state index < -0.39 is 18.6 Å². The number of alkyl halides is 1. The third-order valence-corrected chi connectivity index (χ3v) is 1.45. The molecular formula is C9H7FO4. The van der Waals surface area contributed by atoms with Gasteiger partial charge in [-0.05, 0) is 12.1 Å². The molecule has 0 saturated carbocycles. The first-order valence-electron chi connectivity index (χ1n) is 3.74. The average molecular weight is 198 g/mol. The van der Waals surface area contributed by atoms with Crippen LogP contribution in [0.4, 0.5) is 4.39 Å². The quantitative estimate of drug-likeness (QED) is 0.586. The molecule has 0 aliphatic rings. The molecule has 0 aliphatic heterocycles. The van der Waals surface area contributed by atoms with E-state index in [2.05, 4.69) is 4.74 Å². The van der Waals surface area contributed by atoms with Crippen molar-refractivity contribution in [2.24, 2.45) is 0 Å². The zero-order valence-electron chi connectivity index (χ0n) is 7.07. The van der Waals surface area contributed by atoms with E-state index in [1.807, 2.05) is 0 Å². The van der Waals surface area contributed by atoms with Gasteiger partial charge in [-0.25, -0.2) is 14.0 Å². The van der Waals surface area contributed by atoms with Crippen molar-refractivity contribution in [3.8, 4) is 5.75 Å². The van der Waals surface area contributed by atoms with E-state index in [1.165, 1.54) is 24.3 Å². The minimum atomic E-state index is -1.28. The lowest BCUT2D eigenvalue weighted by Gasteiger charge is -2.04. The summed E-state index contributed by atoms with van der Waals surface area (Å²) in [6.45, 7) is -1.28. The zero-order chi connectivity index (χ0) is 10.6. The Bertz CT molecular complexity index is 362. The average Bonchev–Trinajstić information content (AvgIpc) is 2.18. The second-order valence-corrected chi connectivity index (χ2v) is 2.41. The Morgan fingerprint density at radius 1 is 1.36 bits per heavy atom. The van der Waals surface area contributed by atoms with Gasteiger partial charge < -0.3 is 9.84 Å². The van der Waals surface area contributed by atoms with E-state index in [0.717, 1.165) is 0 Å². The van der Waals surface area contributed by atoms with Crippen LogP contribution in [0.2, 0.25) is 0 Å². The van der Waals surface area contributed by atoms with Gasteiger partial charge in [0.15, 0.2) is 6.67 Å². The molecule has 4 nitrogen and oxygen atoms in total. The fraction of sp³-hybridized carbons (Fsp3) is 0.111. The molecule has 0 heterocycles. The summed E-state index contributed by atoms with van der Waals surface area (Å²) in [6, 6.07) is 5.53. The Kier molecular flexibility index (Phi) is 3.17. The van der Waals surface area contributed by atoms with Crippen molar-refractivity contribution in [3.05, 3.63) is 29.8 Å². The highest BCUT2D eigenvalue weighted by atomic mass is 19.1. The fourth-order valence-electron chi connectivity index (χ4n) is 0.882. The van der Waals surface area contributed by atoms with Gasteiger partial charge in [-0.2, -0.15) is 0 Å². The van der Waals surface area contributed by atoms with E-state index in [4.69, 9.17) is 5.11 Å². The van der Waals surface area contributed by atoms with Crippen LogP contribution in [0.15, 0.2) is 24.3 Å². The molecule has 0 radical (unpaired) electrons. The molecule has 0 atom stereocenters. The van der Waals surface area contributed by atoms with Gasteiger partial charge in [0.2, 0.25) is 0 Å². The Morgan fingerprint density at radius 2 is 2.00 bits per heavy atom. The van der Waals surface area contributed by atoms with E-state index in [1.54, 1.807) is 0 Å². The molecule has 1 N–H and O–H groups in total. The second kappa shape index (κ2) is 4.36. The third-order valence-electron chi connectivity index (χ3n) is 1.45. The van der Waals surface area contributed by atoms with Gasteiger partial charge in [0.1, 0.15) is 11.3 Å². The van der Waals surface area contributed by atoms with Crippen molar-refractivity contribution in [2.45, 2.75) is 0 Å². The number of aromatic carboxylic acids is 1. The summed E-state index contributed by atoms with van der Waals surface area (Å²) >= 11 is 0. The molecule has 0 spiro atoms. The summed E-state index contributed by atoms with van der Waals surface area (Å²) in [4.78, 5) is 21.2. The summed E-state index contributed by atoms with van der Waals surface area (Å²) in [6.07, 6.45) is 0. The van der Waals surface area contributed by atoms with E-state index in [-0.39, 0.29) is 11.3 Å². The zero-order valence-corrected chi connectivity index (χ0v) is 7.07. The predicted molar refractivity (Wildman–Crippen MR) is 45.0 cm³/mol. The van der Waals surface area contributed by atoms with Gasteiger partial charge in [0, 0.05) is 0 Å². The summed E-state index contributed by atoms with van der Waals surface area (Å²) in [5.74, 6) is -2.49. The van der Waals surface area contributed by atoms with Crippen LogP contribution in [0.25, 0.3) is 0 Å². The van der Waals surface area contributed by atoms with Gasteiger partial charge in [-0.15, -0.1) is 0 Å². The number of hydrogen-bond acceptors (Lipinski definition) is 3. The van der Waals surface area contributed by atoms with Gasteiger partial charge in [-0.1, -0.05) is 12.1 Å². The van der Waals surface area contributed by atoms with Crippen LogP contribution >= 0.6 is 0 Å². The first kappa shape index (κ1) is 10.2. The highest BCUT2D eigenvalue weighted by molar-refractivity contribution is 5.92. The maximum absolute atomic E-state index is 11.8.